The van der Waals surface area contributed by atoms with Crippen molar-refractivity contribution in [2.75, 3.05) is 32.8 Å². The van der Waals surface area contributed by atoms with Gasteiger partial charge in [-0.1, -0.05) is 27.2 Å². The largest absolute Gasteiger partial charge is 0.380 e. The molecule has 1 aliphatic rings. The third kappa shape index (κ3) is 5.86. The molecule has 2 heteroatoms. The molecule has 0 aromatic heterocycles. The van der Waals surface area contributed by atoms with Crippen LogP contribution >= 0.6 is 0 Å². The molecule has 0 amide bonds. The topological polar surface area (TPSA) is 12.5 Å². The lowest BCUT2D eigenvalue weighted by molar-refractivity contribution is 0.0823. The monoisotopic (exact) mass is 227 g/mol. The molecule has 0 spiro atoms. The van der Waals surface area contributed by atoms with Crippen molar-refractivity contribution in [2.45, 2.75) is 46.5 Å². The molecule has 2 nitrogen and oxygen atoms in total. The number of hydrogen-bond acceptors (Lipinski definition) is 2. The van der Waals surface area contributed by atoms with Crippen LogP contribution in [-0.2, 0) is 4.74 Å². The molecule has 96 valence electrons. The zero-order chi connectivity index (χ0) is 11.8. The number of rotatable bonds is 7. The summed E-state index contributed by atoms with van der Waals surface area (Å²) in [6.45, 7) is 12.4. The van der Waals surface area contributed by atoms with Gasteiger partial charge in [-0.25, -0.2) is 0 Å². The minimum absolute atomic E-state index is 0.764. The molecule has 0 N–H and O–H groups in total. The van der Waals surface area contributed by atoms with E-state index in [0.717, 1.165) is 31.6 Å². The SMILES string of the molecule is CCC1CCN(CCOCCC(C)C)CC1. The van der Waals surface area contributed by atoms with Crippen molar-refractivity contribution in [2.24, 2.45) is 11.8 Å². The minimum atomic E-state index is 0.764. The molecular formula is C14H29NO. The highest BCUT2D eigenvalue weighted by molar-refractivity contribution is 4.70. The van der Waals surface area contributed by atoms with Gasteiger partial charge in [-0.2, -0.15) is 0 Å². The molecule has 0 aromatic carbocycles. The molecule has 1 fully saturated rings. The summed E-state index contributed by atoms with van der Waals surface area (Å²) in [5.41, 5.74) is 0. The Morgan fingerprint density at radius 1 is 1.19 bits per heavy atom. The molecule has 16 heavy (non-hydrogen) atoms. The van der Waals surface area contributed by atoms with Gasteiger partial charge in [0, 0.05) is 13.2 Å². The van der Waals surface area contributed by atoms with Crippen molar-refractivity contribution < 1.29 is 4.74 Å². The van der Waals surface area contributed by atoms with Crippen LogP contribution in [0.25, 0.3) is 0 Å². The second-order valence-corrected chi connectivity index (χ2v) is 5.49. The van der Waals surface area contributed by atoms with Gasteiger partial charge in [0.05, 0.1) is 6.61 Å². The van der Waals surface area contributed by atoms with Crippen LogP contribution in [0.15, 0.2) is 0 Å². The Morgan fingerprint density at radius 3 is 2.44 bits per heavy atom. The van der Waals surface area contributed by atoms with Crippen LogP contribution in [0.1, 0.15) is 46.5 Å². The molecule has 0 atom stereocenters. The van der Waals surface area contributed by atoms with E-state index in [0.29, 0.717) is 0 Å². The standard InChI is InChI=1S/C14H29NO/c1-4-14-5-8-15(9-6-14)10-12-16-11-7-13(2)3/h13-14H,4-12H2,1-3H3. The first-order valence-corrected chi connectivity index (χ1v) is 7.02. The Balaban J connectivity index is 1.94. The molecule has 1 aliphatic heterocycles. The van der Waals surface area contributed by atoms with Crippen LogP contribution in [0, 0.1) is 11.8 Å². The molecule has 0 unspecified atom stereocenters. The quantitative estimate of drug-likeness (QED) is 0.619. The van der Waals surface area contributed by atoms with E-state index >= 15 is 0 Å². The van der Waals surface area contributed by atoms with E-state index in [4.69, 9.17) is 4.74 Å². The van der Waals surface area contributed by atoms with Crippen LogP contribution in [0.4, 0.5) is 0 Å². The van der Waals surface area contributed by atoms with E-state index in [1.807, 2.05) is 0 Å². The number of ether oxygens (including phenoxy) is 1. The first-order chi connectivity index (χ1) is 7.72. The summed E-state index contributed by atoms with van der Waals surface area (Å²) in [6.07, 6.45) is 5.33. The number of piperidine rings is 1. The lowest BCUT2D eigenvalue weighted by Crippen LogP contribution is -2.35. The molecule has 1 heterocycles. The van der Waals surface area contributed by atoms with Gasteiger partial charge in [-0.05, 0) is 44.2 Å². The van der Waals surface area contributed by atoms with Crippen molar-refractivity contribution in [3.63, 3.8) is 0 Å². The summed E-state index contributed by atoms with van der Waals surface area (Å²) in [5, 5.41) is 0. The smallest absolute Gasteiger partial charge is 0.0593 e. The van der Waals surface area contributed by atoms with Gasteiger partial charge in [0.2, 0.25) is 0 Å². The summed E-state index contributed by atoms with van der Waals surface area (Å²) in [4.78, 5) is 2.56. The Morgan fingerprint density at radius 2 is 1.88 bits per heavy atom. The predicted molar refractivity (Wildman–Crippen MR) is 69.7 cm³/mol. The lowest BCUT2D eigenvalue weighted by Gasteiger charge is -2.31. The number of hydrogen-bond donors (Lipinski definition) is 0. The third-order valence-corrected chi connectivity index (χ3v) is 3.68. The Kier molecular flexibility index (Phi) is 7.06. The molecular weight excluding hydrogens is 198 g/mol. The van der Waals surface area contributed by atoms with Crippen molar-refractivity contribution in [3.05, 3.63) is 0 Å². The first-order valence-electron chi connectivity index (χ1n) is 7.02. The predicted octanol–water partition coefficient (Wildman–Crippen LogP) is 3.17. The van der Waals surface area contributed by atoms with Crippen molar-refractivity contribution in [1.29, 1.82) is 0 Å². The molecule has 1 rings (SSSR count). The van der Waals surface area contributed by atoms with Gasteiger partial charge in [0.1, 0.15) is 0 Å². The van der Waals surface area contributed by atoms with E-state index < -0.39 is 0 Å². The third-order valence-electron chi connectivity index (χ3n) is 3.68. The molecule has 0 saturated carbocycles. The first kappa shape index (κ1) is 14.0. The van der Waals surface area contributed by atoms with Gasteiger partial charge in [0.15, 0.2) is 0 Å². The second kappa shape index (κ2) is 8.08. The Hall–Kier alpha value is -0.0800. The normalized spacial score (nSPS) is 19.5. The lowest BCUT2D eigenvalue weighted by atomic mass is 9.94. The number of nitrogens with zero attached hydrogens (tertiary/aromatic N) is 1. The van der Waals surface area contributed by atoms with Gasteiger partial charge < -0.3 is 9.64 Å². The van der Waals surface area contributed by atoms with Crippen LogP contribution < -0.4 is 0 Å². The minimum Gasteiger partial charge on any atom is -0.380 e. The fourth-order valence-electron chi connectivity index (χ4n) is 2.23. The average Bonchev–Trinajstić information content (AvgIpc) is 2.29. The van der Waals surface area contributed by atoms with E-state index in [1.54, 1.807) is 0 Å². The number of likely N-dealkylation sites (tertiary alicyclic amines) is 1. The summed E-state index contributed by atoms with van der Waals surface area (Å²) >= 11 is 0. The summed E-state index contributed by atoms with van der Waals surface area (Å²) in [6, 6.07) is 0. The van der Waals surface area contributed by atoms with Crippen LogP contribution in [0.2, 0.25) is 0 Å². The maximum absolute atomic E-state index is 5.66. The maximum Gasteiger partial charge on any atom is 0.0593 e. The van der Waals surface area contributed by atoms with E-state index in [9.17, 15) is 0 Å². The van der Waals surface area contributed by atoms with Crippen molar-refractivity contribution in [1.82, 2.24) is 4.90 Å². The van der Waals surface area contributed by atoms with Crippen molar-refractivity contribution in [3.8, 4) is 0 Å². The van der Waals surface area contributed by atoms with Crippen LogP contribution in [0.5, 0.6) is 0 Å². The fourth-order valence-corrected chi connectivity index (χ4v) is 2.23. The van der Waals surface area contributed by atoms with E-state index in [2.05, 4.69) is 25.7 Å². The zero-order valence-corrected chi connectivity index (χ0v) is 11.4. The molecule has 0 aliphatic carbocycles. The molecule has 1 saturated heterocycles. The van der Waals surface area contributed by atoms with Crippen LogP contribution in [0.3, 0.4) is 0 Å². The van der Waals surface area contributed by atoms with E-state index in [-0.39, 0.29) is 0 Å². The maximum atomic E-state index is 5.66. The molecule has 0 aromatic rings. The highest BCUT2D eigenvalue weighted by atomic mass is 16.5. The zero-order valence-electron chi connectivity index (χ0n) is 11.4. The molecule has 0 radical (unpaired) electrons. The highest BCUT2D eigenvalue weighted by Crippen LogP contribution is 2.19. The summed E-state index contributed by atoms with van der Waals surface area (Å²) < 4.78 is 5.66. The van der Waals surface area contributed by atoms with Gasteiger partial charge >= 0.3 is 0 Å². The summed E-state index contributed by atoms with van der Waals surface area (Å²) in [5.74, 6) is 1.75. The van der Waals surface area contributed by atoms with Gasteiger partial charge in [-0.3, -0.25) is 0 Å². The van der Waals surface area contributed by atoms with E-state index in [1.165, 1.54) is 38.8 Å². The van der Waals surface area contributed by atoms with Crippen LogP contribution in [-0.4, -0.2) is 37.7 Å². The van der Waals surface area contributed by atoms with Crippen molar-refractivity contribution >= 4 is 0 Å². The second-order valence-electron chi connectivity index (χ2n) is 5.49. The average molecular weight is 227 g/mol. The fraction of sp³-hybridized carbons (Fsp3) is 1.00. The molecule has 0 bridgehead atoms. The van der Waals surface area contributed by atoms with Gasteiger partial charge in [0.25, 0.3) is 0 Å². The summed E-state index contributed by atoms with van der Waals surface area (Å²) in [7, 11) is 0. The Bertz CT molecular complexity index is 162. The van der Waals surface area contributed by atoms with Gasteiger partial charge in [-0.15, -0.1) is 0 Å². The Labute approximate surface area is 101 Å². The highest BCUT2D eigenvalue weighted by Gasteiger charge is 2.16.